The van der Waals surface area contributed by atoms with Gasteiger partial charge in [0, 0.05) is 29.0 Å². The van der Waals surface area contributed by atoms with E-state index >= 15 is 0 Å². The summed E-state index contributed by atoms with van der Waals surface area (Å²) in [4.78, 5) is 24.4. The van der Waals surface area contributed by atoms with E-state index in [0.29, 0.717) is 31.9 Å². The molecule has 1 fully saturated rings. The minimum atomic E-state index is -0.0794. The van der Waals surface area contributed by atoms with Gasteiger partial charge in [-0.2, -0.15) is 5.10 Å². The van der Waals surface area contributed by atoms with Crippen LogP contribution < -0.4 is 10.2 Å². The molecule has 1 N–H and O–H groups in total. The van der Waals surface area contributed by atoms with E-state index in [9.17, 15) is 4.79 Å². The predicted molar refractivity (Wildman–Crippen MR) is 131 cm³/mol. The lowest BCUT2D eigenvalue weighted by Crippen LogP contribution is -2.37. The van der Waals surface area contributed by atoms with E-state index in [1.807, 2.05) is 35.1 Å². The van der Waals surface area contributed by atoms with Crippen LogP contribution in [0.4, 0.5) is 5.82 Å². The van der Waals surface area contributed by atoms with Crippen LogP contribution in [0.3, 0.4) is 0 Å². The number of benzene rings is 1. The molecular weight excluding hydrogens is 527 g/mol. The molecule has 0 unspecified atom stereocenters. The highest BCUT2D eigenvalue weighted by Crippen LogP contribution is 2.28. The summed E-state index contributed by atoms with van der Waals surface area (Å²) < 4.78 is 8.29. The van der Waals surface area contributed by atoms with Crippen molar-refractivity contribution in [1.82, 2.24) is 25.1 Å². The number of thioether (sulfide) groups is 1. The molecule has 4 rings (SSSR count). The molecule has 3 aromatic rings. The van der Waals surface area contributed by atoms with Crippen LogP contribution in [0, 0.1) is 3.57 Å². The van der Waals surface area contributed by atoms with Gasteiger partial charge >= 0.3 is 0 Å². The molecule has 0 atom stereocenters. The number of halogens is 1. The van der Waals surface area contributed by atoms with Gasteiger partial charge < -0.3 is 15.0 Å². The summed E-state index contributed by atoms with van der Waals surface area (Å²) >= 11 is 3.84. The fourth-order valence-corrected chi connectivity index (χ4v) is 4.70. The summed E-state index contributed by atoms with van der Waals surface area (Å²) in [7, 11) is 0. The Morgan fingerprint density at radius 1 is 1.26 bits per heavy atom. The lowest BCUT2D eigenvalue weighted by molar-refractivity contribution is 0.0951. The molecule has 1 aromatic carbocycles. The second kappa shape index (κ2) is 10.6. The lowest BCUT2D eigenvalue weighted by Gasteiger charge is -2.28. The SMILES string of the molecule is CCCSc1nc(N2CCOCC2)c2cnn(CCNC(=O)c3ccccc3I)c2n1. The third-order valence-electron chi connectivity index (χ3n) is 4.93. The Morgan fingerprint density at radius 3 is 2.84 bits per heavy atom. The number of rotatable bonds is 8. The molecule has 0 aliphatic carbocycles. The van der Waals surface area contributed by atoms with Crippen molar-refractivity contribution >= 4 is 57.1 Å². The zero-order valence-corrected chi connectivity index (χ0v) is 20.4. The monoisotopic (exact) mass is 552 g/mol. The number of nitrogens with one attached hydrogen (secondary N) is 1. The maximum absolute atomic E-state index is 12.5. The summed E-state index contributed by atoms with van der Waals surface area (Å²) in [6, 6.07) is 7.56. The van der Waals surface area contributed by atoms with Gasteiger partial charge in [-0.3, -0.25) is 4.79 Å². The molecule has 10 heteroatoms. The van der Waals surface area contributed by atoms with E-state index in [1.165, 1.54) is 0 Å². The largest absolute Gasteiger partial charge is 0.378 e. The summed E-state index contributed by atoms with van der Waals surface area (Å²) in [5.41, 5.74) is 1.49. The summed E-state index contributed by atoms with van der Waals surface area (Å²) in [5, 5.41) is 9.24. The fourth-order valence-electron chi connectivity index (χ4n) is 3.37. The van der Waals surface area contributed by atoms with Crippen LogP contribution in [-0.4, -0.2) is 64.3 Å². The Kier molecular flexibility index (Phi) is 7.62. The van der Waals surface area contributed by atoms with Gasteiger partial charge in [0.15, 0.2) is 10.8 Å². The maximum Gasteiger partial charge on any atom is 0.252 e. The Hall–Kier alpha value is -1.92. The summed E-state index contributed by atoms with van der Waals surface area (Å²) in [6.45, 7) is 6.16. The molecule has 0 saturated carbocycles. The van der Waals surface area contributed by atoms with Gasteiger partial charge in [0.05, 0.1) is 36.9 Å². The topological polar surface area (TPSA) is 85.2 Å². The van der Waals surface area contributed by atoms with E-state index < -0.39 is 0 Å². The number of hydrogen-bond donors (Lipinski definition) is 1. The van der Waals surface area contributed by atoms with Gasteiger partial charge in [0.1, 0.15) is 5.82 Å². The molecule has 1 saturated heterocycles. The number of aromatic nitrogens is 4. The minimum Gasteiger partial charge on any atom is -0.378 e. The van der Waals surface area contributed by atoms with Crippen LogP contribution in [0.15, 0.2) is 35.6 Å². The average molecular weight is 552 g/mol. The van der Waals surface area contributed by atoms with Crippen molar-refractivity contribution in [2.24, 2.45) is 0 Å². The van der Waals surface area contributed by atoms with Gasteiger partial charge in [-0.15, -0.1) is 0 Å². The Balaban J connectivity index is 1.53. The Labute approximate surface area is 199 Å². The zero-order valence-electron chi connectivity index (χ0n) is 17.4. The second-order valence-corrected chi connectivity index (χ2v) is 9.34. The van der Waals surface area contributed by atoms with Crippen LogP contribution in [0.1, 0.15) is 23.7 Å². The standard InChI is InChI=1S/C21H25IN6O2S/c1-2-13-31-21-25-18(27-9-11-30-12-10-27)16-14-24-28(19(16)26-21)8-7-23-20(29)15-5-3-4-6-17(15)22/h3-6,14H,2,7-13H2,1H3,(H,23,29). The number of carbonyl (C=O) groups is 1. The van der Waals surface area contributed by atoms with Gasteiger partial charge in [0.2, 0.25) is 0 Å². The molecule has 2 aromatic heterocycles. The first kappa shape index (κ1) is 22.3. The van der Waals surface area contributed by atoms with Crippen LogP contribution >= 0.6 is 34.4 Å². The quantitative estimate of drug-likeness (QED) is 0.261. The molecule has 3 heterocycles. The molecule has 0 radical (unpaired) electrons. The molecule has 31 heavy (non-hydrogen) atoms. The number of nitrogens with zero attached hydrogens (tertiary/aromatic N) is 5. The van der Waals surface area contributed by atoms with Crippen LogP contribution in [0.5, 0.6) is 0 Å². The molecule has 164 valence electrons. The summed E-state index contributed by atoms with van der Waals surface area (Å²) in [5.74, 6) is 1.80. The highest BCUT2D eigenvalue weighted by atomic mass is 127. The summed E-state index contributed by atoms with van der Waals surface area (Å²) in [6.07, 6.45) is 2.89. The molecule has 8 nitrogen and oxygen atoms in total. The first-order chi connectivity index (χ1) is 15.2. The van der Waals surface area contributed by atoms with Crippen molar-refractivity contribution in [1.29, 1.82) is 0 Å². The van der Waals surface area contributed by atoms with E-state index in [0.717, 1.165) is 50.8 Å². The zero-order chi connectivity index (χ0) is 21.6. The first-order valence-electron chi connectivity index (χ1n) is 10.4. The third-order valence-corrected chi connectivity index (χ3v) is 6.92. The minimum absolute atomic E-state index is 0.0794. The van der Waals surface area contributed by atoms with E-state index in [1.54, 1.807) is 11.8 Å². The molecule has 0 bridgehead atoms. The molecule has 1 amide bonds. The highest BCUT2D eigenvalue weighted by Gasteiger charge is 2.20. The molecule has 0 spiro atoms. The smallest absolute Gasteiger partial charge is 0.252 e. The van der Waals surface area contributed by atoms with Crippen molar-refractivity contribution in [3.8, 4) is 0 Å². The average Bonchev–Trinajstić information content (AvgIpc) is 3.21. The Morgan fingerprint density at radius 2 is 2.06 bits per heavy atom. The molecule has 1 aliphatic heterocycles. The second-order valence-electron chi connectivity index (χ2n) is 7.12. The van der Waals surface area contributed by atoms with E-state index in [2.05, 4.69) is 44.8 Å². The molecule has 1 aliphatic rings. The fraction of sp³-hybridized carbons (Fsp3) is 0.429. The van der Waals surface area contributed by atoms with Crippen LogP contribution in [0.25, 0.3) is 11.0 Å². The van der Waals surface area contributed by atoms with Gasteiger partial charge in [-0.25, -0.2) is 14.6 Å². The number of ether oxygens (including phenoxy) is 1. The Bertz CT molecular complexity index is 1050. The third kappa shape index (κ3) is 5.29. The van der Waals surface area contributed by atoms with Crippen molar-refractivity contribution in [3.63, 3.8) is 0 Å². The van der Waals surface area contributed by atoms with E-state index in [4.69, 9.17) is 14.7 Å². The van der Waals surface area contributed by atoms with Crippen LogP contribution in [-0.2, 0) is 11.3 Å². The van der Waals surface area contributed by atoms with Gasteiger partial charge in [0.25, 0.3) is 5.91 Å². The van der Waals surface area contributed by atoms with Gasteiger partial charge in [-0.05, 0) is 41.1 Å². The lowest BCUT2D eigenvalue weighted by atomic mass is 10.2. The number of morpholine rings is 1. The van der Waals surface area contributed by atoms with Gasteiger partial charge in [-0.1, -0.05) is 30.8 Å². The number of anilines is 1. The van der Waals surface area contributed by atoms with Crippen LogP contribution in [0.2, 0.25) is 0 Å². The van der Waals surface area contributed by atoms with Crippen molar-refractivity contribution < 1.29 is 9.53 Å². The molecular formula is C21H25IN6O2S. The maximum atomic E-state index is 12.5. The van der Waals surface area contributed by atoms with Crippen molar-refractivity contribution in [2.75, 3.05) is 43.5 Å². The van der Waals surface area contributed by atoms with Crippen molar-refractivity contribution in [3.05, 3.63) is 39.6 Å². The van der Waals surface area contributed by atoms with Crippen molar-refractivity contribution in [2.45, 2.75) is 25.0 Å². The number of hydrogen-bond acceptors (Lipinski definition) is 7. The first-order valence-corrected chi connectivity index (χ1v) is 12.5. The van der Waals surface area contributed by atoms with E-state index in [-0.39, 0.29) is 5.91 Å². The number of fused-ring (bicyclic) bond motifs is 1. The highest BCUT2D eigenvalue weighted by molar-refractivity contribution is 14.1. The number of amides is 1. The number of carbonyl (C=O) groups excluding carboxylic acids is 1. The predicted octanol–water partition coefficient (Wildman–Crippen LogP) is 3.20. The normalized spacial score (nSPS) is 14.2.